The van der Waals surface area contributed by atoms with E-state index in [1.54, 1.807) is 18.2 Å². The van der Waals surface area contributed by atoms with Gasteiger partial charge in [0.05, 0.1) is 6.61 Å². The van der Waals surface area contributed by atoms with Crippen LogP contribution in [0.1, 0.15) is 11.1 Å². The van der Waals surface area contributed by atoms with Crippen molar-refractivity contribution in [1.29, 1.82) is 0 Å². The molecule has 0 atom stereocenters. The first-order valence-electron chi connectivity index (χ1n) is 5.93. The summed E-state index contributed by atoms with van der Waals surface area (Å²) >= 11 is 0. The molecule has 0 aliphatic rings. The van der Waals surface area contributed by atoms with Crippen molar-refractivity contribution in [3.63, 3.8) is 0 Å². The number of hydrogen-bond acceptors (Lipinski definition) is 6. The van der Waals surface area contributed by atoms with Gasteiger partial charge in [-0.15, -0.1) is 0 Å². The molecular formula is C14H19N3O3. The number of nitrogen functional groups attached to an aromatic ring is 2. The number of anilines is 2. The Morgan fingerprint density at radius 2 is 1.25 bits per heavy atom. The Bertz CT molecular complexity index is 522. The summed E-state index contributed by atoms with van der Waals surface area (Å²) in [6, 6.07) is 9.41. The van der Waals surface area contributed by atoms with Crippen LogP contribution in [0.5, 0.6) is 11.5 Å². The zero-order valence-corrected chi connectivity index (χ0v) is 11.0. The molecule has 0 aliphatic carbocycles. The van der Waals surface area contributed by atoms with Gasteiger partial charge in [-0.25, -0.2) is 0 Å². The summed E-state index contributed by atoms with van der Waals surface area (Å²) in [6.45, 7) is 0.133. The van der Waals surface area contributed by atoms with Crippen molar-refractivity contribution in [1.82, 2.24) is 0 Å². The molecule has 2 aromatic rings. The molecule has 0 aliphatic heterocycles. The quantitative estimate of drug-likeness (QED) is 0.356. The Morgan fingerprint density at radius 1 is 0.800 bits per heavy atom. The number of rotatable bonds is 2. The van der Waals surface area contributed by atoms with Crippen LogP contribution in [0.2, 0.25) is 0 Å². The number of phenolic OH excluding ortho intramolecular Hbond substituents is 1. The molecular weight excluding hydrogens is 258 g/mol. The van der Waals surface area contributed by atoms with Gasteiger partial charge in [0.2, 0.25) is 0 Å². The number of nitrogens with two attached hydrogens (primary N) is 3. The standard InChI is InChI=1S/C7H10N2O.C7H9NO2/c8-4-5-3-6(9)1-2-7(5)10;8-6-1-2-7(10)5(3-6)4-9/h1-3,10H,4,8-9H2;1-3,9-10H,4,8H2. The lowest BCUT2D eigenvalue weighted by atomic mass is 10.2. The van der Waals surface area contributed by atoms with E-state index in [1.807, 2.05) is 0 Å². The number of benzene rings is 2. The number of hydrogen-bond donors (Lipinski definition) is 6. The van der Waals surface area contributed by atoms with E-state index >= 15 is 0 Å². The van der Waals surface area contributed by atoms with Crippen LogP contribution in [-0.4, -0.2) is 15.3 Å². The second-order valence-corrected chi connectivity index (χ2v) is 4.14. The average molecular weight is 277 g/mol. The molecule has 0 unspecified atom stereocenters. The molecule has 0 heterocycles. The smallest absolute Gasteiger partial charge is 0.121 e. The molecule has 2 aromatic carbocycles. The van der Waals surface area contributed by atoms with Gasteiger partial charge in [0, 0.05) is 29.0 Å². The fraction of sp³-hybridized carbons (Fsp3) is 0.143. The Balaban J connectivity index is 0.000000200. The Kier molecular flexibility index (Phi) is 5.64. The number of aromatic hydroxyl groups is 2. The van der Waals surface area contributed by atoms with Crippen LogP contribution in [0.15, 0.2) is 36.4 Å². The normalized spacial score (nSPS) is 9.70. The Morgan fingerprint density at radius 3 is 1.60 bits per heavy atom. The summed E-state index contributed by atoms with van der Waals surface area (Å²) in [5, 5.41) is 26.7. The van der Waals surface area contributed by atoms with Gasteiger partial charge in [-0.2, -0.15) is 0 Å². The fourth-order valence-electron chi connectivity index (χ4n) is 1.50. The van der Waals surface area contributed by atoms with E-state index in [2.05, 4.69) is 0 Å². The lowest BCUT2D eigenvalue weighted by Crippen LogP contribution is -1.97. The molecule has 0 aromatic heterocycles. The highest BCUT2D eigenvalue weighted by Crippen LogP contribution is 2.19. The average Bonchev–Trinajstić information content (AvgIpc) is 2.44. The molecule has 0 bridgehead atoms. The molecule has 6 heteroatoms. The highest BCUT2D eigenvalue weighted by molar-refractivity contribution is 5.47. The lowest BCUT2D eigenvalue weighted by Gasteiger charge is -2.00. The zero-order chi connectivity index (χ0) is 15.1. The first-order chi connectivity index (χ1) is 9.47. The van der Waals surface area contributed by atoms with E-state index < -0.39 is 0 Å². The van der Waals surface area contributed by atoms with Crippen molar-refractivity contribution in [3.8, 4) is 11.5 Å². The molecule has 0 fully saturated rings. The van der Waals surface area contributed by atoms with Crippen LogP contribution in [0.4, 0.5) is 11.4 Å². The van der Waals surface area contributed by atoms with Gasteiger partial charge in [0.25, 0.3) is 0 Å². The van der Waals surface area contributed by atoms with Gasteiger partial charge in [-0.1, -0.05) is 0 Å². The maximum absolute atomic E-state index is 9.10. The minimum atomic E-state index is -0.184. The maximum atomic E-state index is 9.10. The van der Waals surface area contributed by atoms with Gasteiger partial charge in [0.1, 0.15) is 11.5 Å². The number of phenols is 2. The molecule has 0 saturated carbocycles. The summed E-state index contributed by atoms with van der Waals surface area (Å²) in [6.07, 6.45) is 0. The van der Waals surface area contributed by atoms with Crippen molar-refractivity contribution in [2.45, 2.75) is 13.2 Å². The summed E-state index contributed by atoms with van der Waals surface area (Å²) in [5.74, 6) is 0.286. The van der Waals surface area contributed by atoms with Crippen LogP contribution < -0.4 is 17.2 Å². The van der Waals surface area contributed by atoms with Crippen LogP contribution >= 0.6 is 0 Å². The lowest BCUT2D eigenvalue weighted by molar-refractivity contribution is 0.275. The number of aliphatic hydroxyl groups is 1. The molecule has 20 heavy (non-hydrogen) atoms. The van der Waals surface area contributed by atoms with Crippen LogP contribution in [0.3, 0.4) is 0 Å². The van der Waals surface area contributed by atoms with Crippen LogP contribution in [0, 0.1) is 0 Å². The van der Waals surface area contributed by atoms with Crippen molar-refractivity contribution in [3.05, 3.63) is 47.5 Å². The Labute approximate surface area is 117 Å². The van der Waals surface area contributed by atoms with Gasteiger partial charge in [-0.3, -0.25) is 0 Å². The van der Waals surface area contributed by atoms with Crippen molar-refractivity contribution >= 4 is 11.4 Å². The maximum Gasteiger partial charge on any atom is 0.121 e. The van der Waals surface area contributed by atoms with Crippen molar-refractivity contribution in [2.24, 2.45) is 5.73 Å². The topological polar surface area (TPSA) is 139 Å². The summed E-state index contributed by atoms with van der Waals surface area (Å²) < 4.78 is 0. The molecule has 9 N–H and O–H groups in total. The molecule has 2 rings (SSSR count). The molecule has 108 valence electrons. The van der Waals surface area contributed by atoms with E-state index in [0.717, 1.165) is 0 Å². The molecule has 0 saturated heterocycles. The largest absolute Gasteiger partial charge is 0.508 e. The third kappa shape index (κ3) is 4.34. The van der Waals surface area contributed by atoms with Crippen LogP contribution in [-0.2, 0) is 13.2 Å². The third-order valence-electron chi connectivity index (χ3n) is 2.60. The highest BCUT2D eigenvalue weighted by Gasteiger charge is 1.98. The summed E-state index contributed by atoms with van der Waals surface area (Å²) in [4.78, 5) is 0. The predicted molar refractivity (Wildman–Crippen MR) is 78.9 cm³/mol. The van der Waals surface area contributed by atoms with E-state index in [0.29, 0.717) is 29.0 Å². The van der Waals surface area contributed by atoms with Gasteiger partial charge < -0.3 is 32.5 Å². The second-order valence-electron chi connectivity index (χ2n) is 4.14. The first-order valence-corrected chi connectivity index (χ1v) is 5.93. The van der Waals surface area contributed by atoms with Gasteiger partial charge in [-0.05, 0) is 36.4 Å². The fourth-order valence-corrected chi connectivity index (χ4v) is 1.50. The predicted octanol–water partition coefficient (Wildman–Crippen LogP) is 0.900. The summed E-state index contributed by atoms with van der Waals surface area (Å²) in [7, 11) is 0. The summed E-state index contributed by atoms with van der Waals surface area (Å²) in [5.41, 5.74) is 18.4. The SMILES string of the molecule is NCc1cc(N)ccc1O.Nc1ccc(O)c(CO)c1. The van der Waals surface area contributed by atoms with Gasteiger partial charge >= 0.3 is 0 Å². The van der Waals surface area contributed by atoms with Crippen LogP contribution in [0.25, 0.3) is 0 Å². The molecule has 0 spiro atoms. The molecule has 0 amide bonds. The zero-order valence-electron chi connectivity index (χ0n) is 11.0. The molecule has 0 radical (unpaired) electrons. The van der Waals surface area contributed by atoms with Crippen molar-refractivity contribution < 1.29 is 15.3 Å². The van der Waals surface area contributed by atoms with E-state index in [4.69, 9.17) is 32.5 Å². The van der Waals surface area contributed by atoms with E-state index in [9.17, 15) is 0 Å². The monoisotopic (exact) mass is 277 g/mol. The molecule has 6 nitrogen and oxygen atoms in total. The minimum Gasteiger partial charge on any atom is -0.508 e. The number of aliphatic hydroxyl groups excluding tert-OH is 1. The Hall–Kier alpha value is -2.44. The van der Waals surface area contributed by atoms with Gasteiger partial charge in [0.15, 0.2) is 0 Å². The first kappa shape index (κ1) is 15.6. The highest BCUT2D eigenvalue weighted by atomic mass is 16.3. The van der Waals surface area contributed by atoms with E-state index in [1.165, 1.54) is 18.2 Å². The second kappa shape index (κ2) is 7.22. The minimum absolute atomic E-state index is 0.0803. The third-order valence-corrected chi connectivity index (χ3v) is 2.60. The van der Waals surface area contributed by atoms with E-state index in [-0.39, 0.29) is 18.1 Å². The van der Waals surface area contributed by atoms with Crippen molar-refractivity contribution in [2.75, 3.05) is 11.5 Å².